The Morgan fingerprint density at radius 1 is 1.33 bits per heavy atom. The van der Waals surface area contributed by atoms with E-state index >= 15 is 0 Å². The van der Waals surface area contributed by atoms with Gasteiger partial charge in [0.15, 0.2) is 0 Å². The van der Waals surface area contributed by atoms with Gasteiger partial charge in [-0.25, -0.2) is 5.43 Å². The summed E-state index contributed by atoms with van der Waals surface area (Å²) in [7, 11) is 0. The number of hydrogen-bond acceptors (Lipinski definition) is 2. The third kappa shape index (κ3) is 4.04. The van der Waals surface area contributed by atoms with Gasteiger partial charge >= 0.3 is 5.84 Å². The van der Waals surface area contributed by atoms with Crippen LogP contribution in [0.2, 0.25) is 5.02 Å². The van der Waals surface area contributed by atoms with Crippen LogP contribution in [0.4, 0.5) is 5.69 Å². The number of anilines is 1. The quantitative estimate of drug-likeness (QED) is 0.373. The zero-order chi connectivity index (χ0) is 13.5. The third-order valence-corrected chi connectivity index (χ3v) is 2.80. The molecule has 0 fully saturated rings. The minimum absolute atomic E-state index is 0.00627. The molecule has 0 saturated carbocycles. The van der Waals surface area contributed by atoms with Gasteiger partial charge in [0.05, 0.1) is 18.8 Å². The number of hydrogen-bond donors (Lipinski definition) is 2. The van der Waals surface area contributed by atoms with E-state index in [1.807, 2.05) is 30.6 Å². The summed E-state index contributed by atoms with van der Waals surface area (Å²) >= 11 is 5.89. The maximum atomic E-state index is 11.6. The molecule has 0 bridgehead atoms. The minimum atomic E-state index is -0.00627. The van der Waals surface area contributed by atoms with Crippen molar-refractivity contribution in [1.82, 2.24) is 5.43 Å². The summed E-state index contributed by atoms with van der Waals surface area (Å²) in [4.78, 5) is 11.6. The van der Waals surface area contributed by atoms with Crippen LogP contribution < -0.4 is 10.9 Å². The Balaban J connectivity index is 2.81. The van der Waals surface area contributed by atoms with Crippen LogP contribution in [0.5, 0.6) is 0 Å². The fourth-order valence-corrected chi connectivity index (χ4v) is 1.82. The number of nitrogens with one attached hydrogen (secondary N) is 2. The van der Waals surface area contributed by atoms with Gasteiger partial charge in [0.1, 0.15) is 0 Å². The van der Waals surface area contributed by atoms with Gasteiger partial charge in [-0.2, -0.15) is 5.43 Å². The van der Waals surface area contributed by atoms with Crippen molar-refractivity contribution in [3.05, 3.63) is 29.3 Å². The van der Waals surface area contributed by atoms with Gasteiger partial charge < -0.3 is 0 Å². The largest absolute Gasteiger partial charge is 0.336 e. The van der Waals surface area contributed by atoms with E-state index < -0.39 is 0 Å². The van der Waals surface area contributed by atoms with E-state index in [0.717, 1.165) is 18.8 Å². The van der Waals surface area contributed by atoms with Crippen LogP contribution in [0.15, 0.2) is 24.3 Å². The Morgan fingerprint density at radius 3 is 2.50 bits per heavy atom. The maximum Gasteiger partial charge on any atom is 0.336 e. The van der Waals surface area contributed by atoms with E-state index in [4.69, 9.17) is 11.6 Å². The second kappa shape index (κ2) is 7.01. The second-order valence-corrected chi connectivity index (χ2v) is 4.27. The molecule has 0 aliphatic carbocycles. The Morgan fingerprint density at radius 2 is 2.00 bits per heavy atom. The van der Waals surface area contributed by atoms with Crippen molar-refractivity contribution in [2.24, 2.45) is 0 Å². The summed E-state index contributed by atoms with van der Waals surface area (Å²) in [5.41, 5.74) is 6.74. The van der Waals surface area contributed by atoms with Gasteiger partial charge in [0, 0.05) is 11.9 Å². The van der Waals surface area contributed by atoms with Crippen molar-refractivity contribution in [2.75, 3.05) is 18.5 Å². The lowest BCUT2D eigenvalue weighted by atomic mass is 10.3. The number of carbonyl (C=O) groups excluding carboxylic acids is 1. The molecule has 1 aromatic carbocycles. The lowest BCUT2D eigenvalue weighted by molar-refractivity contribution is -0.521. The fourth-order valence-electron chi connectivity index (χ4n) is 1.63. The maximum absolute atomic E-state index is 11.6. The number of nitrogens with zero attached hydrogens (tertiary/aromatic N) is 1. The summed E-state index contributed by atoms with van der Waals surface area (Å²) in [6.07, 6.45) is 0. The third-order valence-electron chi connectivity index (χ3n) is 2.56. The van der Waals surface area contributed by atoms with E-state index in [0.29, 0.717) is 10.9 Å². The number of halogens is 1. The van der Waals surface area contributed by atoms with Gasteiger partial charge in [0.25, 0.3) is 0 Å². The fraction of sp³-hybridized carbons (Fsp3) is 0.385. The highest BCUT2D eigenvalue weighted by atomic mass is 35.5. The predicted molar refractivity (Wildman–Crippen MR) is 75.2 cm³/mol. The molecule has 5 heteroatoms. The molecule has 0 atom stereocenters. The first kappa shape index (κ1) is 14.5. The molecule has 2 N–H and O–H groups in total. The number of benzene rings is 1. The van der Waals surface area contributed by atoms with Gasteiger partial charge in [-0.05, 0) is 32.0 Å². The molecule has 0 aromatic heterocycles. The normalized spacial score (nSPS) is 9.78. The Hall–Kier alpha value is -1.55. The zero-order valence-electron chi connectivity index (χ0n) is 11.0. The van der Waals surface area contributed by atoms with Crippen LogP contribution in [0, 0.1) is 0 Å². The van der Waals surface area contributed by atoms with Crippen LogP contribution in [0.1, 0.15) is 20.8 Å². The number of rotatable bonds is 5. The van der Waals surface area contributed by atoms with Gasteiger partial charge in [-0.3, -0.25) is 9.37 Å². The molecule has 0 aliphatic rings. The lowest BCUT2D eigenvalue weighted by Gasteiger charge is -2.09. The number of Topliss-reactive ketones (excluding diaryl/α,β-unsaturated/α-hetero) is 1. The number of hydrazine groups is 1. The minimum Gasteiger partial charge on any atom is -0.286 e. The van der Waals surface area contributed by atoms with Crippen molar-refractivity contribution < 1.29 is 9.37 Å². The van der Waals surface area contributed by atoms with Gasteiger partial charge in [0.2, 0.25) is 5.78 Å². The molecule has 0 heterocycles. The Kier molecular flexibility index (Phi) is 5.65. The first-order valence-electron chi connectivity index (χ1n) is 5.98. The molecule has 18 heavy (non-hydrogen) atoms. The molecule has 0 spiro atoms. The molecule has 98 valence electrons. The zero-order valence-corrected chi connectivity index (χ0v) is 11.7. The van der Waals surface area contributed by atoms with Crippen molar-refractivity contribution in [3.63, 3.8) is 0 Å². The summed E-state index contributed by atoms with van der Waals surface area (Å²) in [5.74, 6) is 0.549. The van der Waals surface area contributed by atoms with E-state index in [-0.39, 0.29) is 5.78 Å². The Bertz CT molecular complexity index is 451. The second-order valence-electron chi connectivity index (χ2n) is 3.84. The molecule has 1 aromatic rings. The van der Waals surface area contributed by atoms with Crippen molar-refractivity contribution in [3.8, 4) is 0 Å². The van der Waals surface area contributed by atoms with Crippen LogP contribution in [0.25, 0.3) is 0 Å². The number of ketones is 1. The summed E-state index contributed by atoms with van der Waals surface area (Å²) < 4.78 is 1.96. The van der Waals surface area contributed by atoms with Crippen LogP contribution in [0.3, 0.4) is 0 Å². The van der Waals surface area contributed by atoms with Crippen LogP contribution in [-0.4, -0.2) is 29.3 Å². The van der Waals surface area contributed by atoms with Gasteiger partial charge in [-0.15, -0.1) is 0 Å². The SMILES string of the molecule is CC[N+](CC)=C(NNc1cccc(Cl)c1)C(C)=O. The highest BCUT2D eigenvalue weighted by Crippen LogP contribution is 2.13. The number of amidine groups is 1. The summed E-state index contributed by atoms with van der Waals surface area (Å²) in [6, 6.07) is 7.30. The summed E-state index contributed by atoms with van der Waals surface area (Å²) in [5, 5.41) is 0.647. The molecular formula is C13H19ClN3O+. The molecule has 0 amide bonds. The molecular weight excluding hydrogens is 250 g/mol. The van der Waals surface area contributed by atoms with Crippen LogP contribution in [-0.2, 0) is 4.79 Å². The van der Waals surface area contributed by atoms with Crippen molar-refractivity contribution in [2.45, 2.75) is 20.8 Å². The lowest BCUT2D eigenvalue weighted by Crippen LogP contribution is -2.42. The van der Waals surface area contributed by atoms with Crippen LogP contribution >= 0.6 is 11.6 Å². The van der Waals surface area contributed by atoms with Crippen molar-refractivity contribution in [1.29, 1.82) is 0 Å². The topological polar surface area (TPSA) is 44.1 Å². The Labute approximate surface area is 113 Å². The highest BCUT2D eigenvalue weighted by Gasteiger charge is 2.16. The van der Waals surface area contributed by atoms with E-state index in [1.165, 1.54) is 0 Å². The first-order chi connectivity index (χ1) is 8.58. The molecule has 0 saturated heterocycles. The smallest absolute Gasteiger partial charge is 0.286 e. The first-order valence-corrected chi connectivity index (χ1v) is 6.36. The monoisotopic (exact) mass is 268 g/mol. The van der Waals surface area contributed by atoms with E-state index in [1.54, 1.807) is 19.1 Å². The molecule has 0 aliphatic heterocycles. The van der Waals surface area contributed by atoms with E-state index in [9.17, 15) is 4.79 Å². The van der Waals surface area contributed by atoms with E-state index in [2.05, 4.69) is 10.9 Å². The molecule has 0 unspecified atom stereocenters. The molecule has 1 rings (SSSR count). The standard InChI is InChI=1S/C13H18ClN3O/c1-4-17(5-2)13(10(3)18)16-15-12-8-6-7-11(14)9-12/h6-9H,4-5H2,1-3H3,(H,15,18)/p+1. The predicted octanol–water partition coefficient (Wildman–Crippen LogP) is 2.30. The van der Waals surface area contributed by atoms with Gasteiger partial charge in [-0.1, -0.05) is 17.7 Å². The molecule has 0 radical (unpaired) electrons. The summed E-state index contributed by atoms with van der Waals surface area (Å²) in [6.45, 7) is 7.10. The van der Waals surface area contributed by atoms with Crippen molar-refractivity contribution >= 4 is 28.9 Å². The molecule has 4 nitrogen and oxygen atoms in total. The number of carbonyl (C=O) groups is 1. The average molecular weight is 269 g/mol. The highest BCUT2D eigenvalue weighted by molar-refractivity contribution is 6.36. The average Bonchev–Trinajstić information content (AvgIpc) is 2.34.